The molecule has 0 aromatic heterocycles. The fourth-order valence-electron chi connectivity index (χ4n) is 1.62. The zero-order chi connectivity index (χ0) is 9.90. The van der Waals surface area contributed by atoms with Crippen LogP contribution in [0.15, 0.2) is 0 Å². The second-order valence-corrected chi connectivity index (χ2v) is 4.24. The van der Waals surface area contributed by atoms with Crippen LogP contribution in [0.3, 0.4) is 0 Å². The molecule has 13 heavy (non-hydrogen) atoms. The van der Waals surface area contributed by atoms with Crippen molar-refractivity contribution in [3.05, 3.63) is 0 Å². The number of hydrogen-bond donors (Lipinski definition) is 0. The van der Waals surface area contributed by atoms with Crippen LogP contribution < -0.4 is 0 Å². The predicted molar refractivity (Wildman–Crippen MR) is 51.5 cm³/mol. The summed E-state index contributed by atoms with van der Waals surface area (Å²) in [7, 11) is 0. The Kier molecular flexibility index (Phi) is 3.31. The van der Waals surface area contributed by atoms with E-state index < -0.39 is 0 Å². The molecule has 0 aromatic rings. The molecule has 1 saturated heterocycles. The van der Waals surface area contributed by atoms with Gasteiger partial charge in [0.05, 0.1) is 13.2 Å². The van der Waals surface area contributed by atoms with Crippen molar-refractivity contribution in [2.45, 2.75) is 27.2 Å². The van der Waals surface area contributed by atoms with E-state index in [1.165, 1.54) is 0 Å². The molecule has 1 heterocycles. The van der Waals surface area contributed by atoms with Crippen LogP contribution in [0.4, 0.5) is 0 Å². The second kappa shape index (κ2) is 4.09. The number of nitrogens with zero attached hydrogens (tertiary/aromatic N) is 1. The number of carbonyl (C=O) groups excluding carboxylic acids is 1. The molecule has 3 heteroatoms. The molecule has 0 N–H and O–H groups in total. The van der Waals surface area contributed by atoms with Crippen LogP contribution in [0.1, 0.15) is 27.2 Å². The van der Waals surface area contributed by atoms with Crippen molar-refractivity contribution in [2.24, 2.45) is 5.41 Å². The van der Waals surface area contributed by atoms with Crippen LogP contribution in [-0.2, 0) is 9.53 Å². The summed E-state index contributed by atoms with van der Waals surface area (Å²) in [6.07, 6.45) is 1.02. The molecule has 0 radical (unpaired) electrons. The minimum atomic E-state index is 0.176. The van der Waals surface area contributed by atoms with E-state index in [1.54, 1.807) is 6.92 Å². The molecule has 1 rings (SSSR count). The fraction of sp³-hybridized carbons (Fsp3) is 0.900. The van der Waals surface area contributed by atoms with Crippen LogP contribution in [0.5, 0.6) is 0 Å². The standard InChI is InChI=1S/C10H19NO2/c1-4-5-11(9(2)12)6-10(3)7-13-8-10/h4-8H2,1-3H3. The third-order valence-electron chi connectivity index (χ3n) is 2.41. The minimum Gasteiger partial charge on any atom is -0.380 e. The van der Waals surface area contributed by atoms with Crippen molar-refractivity contribution in [3.63, 3.8) is 0 Å². The normalized spacial score (nSPS) is 19.3. The Labute approximate surface area is 80.1 Å². The van der Waals surface area contributed by atoms with Gasteiger partial charge in [-0.1, -0.05) is 13.8 Å². The van der Waals surface area contributed by atoms with E-state index in [-0.39, 0.29) is 11.3 Å². The molecule has 0 unspecified atom stereocenters. The summed E-state index contributed by atoms with van der Waals surface area (Å²) in [5, 5.41) is 0. The lowest BCUT2D eigenvalue weighted by Crippen LogP contribution is -2.50. The number of amides is 1. The lowest BCUT2D eigenvalue weighted by molar-refractivity contribution is -0.142. The van der Waals surface area contributed by atoms with Gasteiger partial charge >= 0.3 is 0 Å². The molecule has 1 aliphatic heterocycles. The summed E-state index contributed by atoms with van der Waals surface area (Å²) < 4.78 is 5.16. The van der Waals surface area contributed by atoms with Crippen LogP contribution in [0.2, 0.25) is 0 Å². The molecule has 1 amide bonds. The van der Waals surface area contributed by atoms with Gasteiger partial charge in [-0.2, -0.15) is 0 Å². The first-order chi connectivity index (χ1) is 6.07. The molecule has 76 valence electrons. The van der Waals surface area contributed by atoms with Crippen molar-refractivity contribution in [1.29, 1.82) is 0 Å². The molecule has 0 aromatic carbocycles. The number of ether oxygens (including phenoxy) is 1. The summed E-state index contributed by atoms with van der Waals surface area (Å²) >= 11 is 0. The van der Waals surface area contributed by atoms with Crippen LogP contribution in [0, 0.1) is 5.41 Å². The van der Waals surface area contributed by atoms with Crippen molar-refractivity contribution < 1.29 is 9.53 Å². The molecule has 1 aliphatic rings. The molecule has 1 fully saturated rings. The van der Waals surface area contributed by atoms with Gasteiger partial charge in [0.25, 0.3) is 0 Å². The Morgan fingerprint density at radius 2 is 2.15 bits per heavy atom. The molecule has 0 saturated carbocycles. The molecule has 0 spiro atoms. The third kappa shape index (κ3) is 2.69. The van der Waals surface area contributed by atoms with Gasteiger partial charge in [0.1, 0.15) is 0 Å². The van der Waals surface area contributed by atoms with Crippen molar-refractivity contribution >= 4 is 5.91 Å². The quantitative estimate of drug-likeness (QED) is 0.660. The highest BCUT2D eigenvalue weighted by molar-refractivity contribution is 5.73. The largest absolute Gasteiger partial charge is 0.380 e. The molecular formula is C10H19NO2. The Morgan fingerprint density at radius 1 is 1.54 bits per heavy atom. The summed E-state index contributed by atoms with van der Waals surface area (Å²) in [5.74, 6) is 0.176. The van der Waals surface area contributed by atoms with Gasteiger partial charge in [-0.15, -0.1) is 0 Å². The van der Waals surface area contributed by atoms with Crippen molar-refractivity contribution in [2.75, 3.05) is 26.3 Å². The SMILES string of the molecule is CCCN(CC1(C)COC1)C(C)=O. The van der Waals surface area contributed by atoms with E-state index in [4.69, 9.17) is 4.74 Å². The monoisotopic (exact) mass is 185 g/mol. The highest BCUT2D eigenvalue weighted by Gasteiger charge is 2.35. The molecule has 3 nitrogen and oxygen atoms in total. The van der Waals surface area contributed by atoms with E-state index >= 15 is 0 Å². The summed E-state index contributed by atoms with van der Waals surface area (Å²) in [6, 6.07) is 0. The van der Waals surface area contributed by atoms with Gasteiger partial charge in [-0.3, -0.25) is 4.79 Å². The predicted octanol–water partition coefficient (Wildman–Crippen LogP) is 1.28. The van der Waals surface area contributed by atoms with E-state index in [1.807, 2.05) is 4.90 Å². The van der Waals surface area contributed by atoms with Gasteiger partial charge in [-0.05, 0) is 6.42 Å². The fourth-order valence-corrected chi connectivity index (χ4v) is 1.62. The number of carbonyl (C=O) groups is 1. The van der Waals surface area contributed by atoms with Gasteiger partial charge in [0.2, 0.25) is 5.91 Å². The highest BCUT2D eigenvalue weighted by atomic mass is 16.5. The summed E-state index contributed by atoms with van der Waals surface area (Å²) in [6.45, 7) is 9.19. The van der Waals surface area contributed by atoms with E-state index in [0.717, 1.165) is 32.7 Å². The average Bonchev–Trinajstić information content (AvgIpc) is 2.00. The zero-order valence-electron chi connectivity index (χ0n) is 8.80. The second-order valence-electron chi connectivity index (χ2n) is 4.24. The first-order valence-electron chi connectivity index (χ1n) is 4.91. The lowest BCUT2D eigenvalue weighted by Gasteiger charge is -2.41. The Morgan fingerprint density at radius 3 is 2.46 bits per heavy atom. The smallest absolute Gasteiger partial charge is 0.219 e. The van der Waals surface area contributed by atoms with E-state index in [9.17, 15) is 4.79 Å². The van der Waals surface area contributed by atoms with E-state index in [0.29, 0.717) is 0 Å². The van der Waals surface area contributed by atoms with Gasteiger partial charge in [-0.25, -0.2) is 0 Å². The Bertz CT molecular complexity index is 187. The maximum Gasteiger partial charge on any atom is 0.219 e. The topological polar surface area (TPSA) is 29.5 Å². The minimum absolute atomic E-state index is 0.176. The van der Waals surface area contributed by atoms with Gasteiger partial charge < -0.3 is 9.64 Å². The van der Waals surface area contributed by atoms with E-state index in [2.05, 4.69) is 13.8 Å². The maximum absolute atomic E-state index is 11.2. The molecular weight excluding hydrogens is 166 g/mol. The molecule has 0 aliphatic carbocycles. The van der Waals surface area contributed by atoms with Crippen LogP contribution in [-0.4, -0.2) is 37.1 Å². The van der Waals surface area contributed by atoms with Crippen LogP contribution >= 0.6 is 0 Å². The van der Waals surface area contributed by atoms with Gasteiger partial charge in [0, 0.05) is 25.4 Å². The average molecular weight is 185 g/mol. The molecule has 0 atom stereocenters. The first kappa shape index (κ1) is 10.5. The maximum atomic E-state index is 11.2. The third-order valence-corrected chi connectivity index (χ3v) is 2.41. The number of hydrogen-bond acceptors (Lipinski definition) is 2. The van der Waals surface area contributed by atoms with Gasteiger partial charge in [0.15, 0.2) is 0 Å². The number of rotatable bonds is 4. The summed E-state index contributed by atoms with van der Waals surface area (Å²) in [5.41, 5.74) is 0.209. The lowest BCUT2D eigenvalue weighted by atomic mass is 9.88. The first-order valence-corrected chi connectivity index (χ1v) is 4.91. The molecule has 0 bridgehead atoms. The zero-order valence-corrected chi connectivity index (χ0v) is 8.80. The Balaban J connectivity index is 2.41. The highest BCUT2D eigenvalue weighted by Crippen LogP contribution is 2.27. The van der Waals surface area contributed by atoms with Crippen molar-refractivity contribution in [1.82, 2.24) is 4.90 Å². The van der Waals surface area contributed by atoms with Crippen LogP contribution in [0.25, 0.3) is 0 Å². The Hall–Kier alpha value is -0.570. The van der Waals surface area contributed by atoms with Crippen molar-refractivity contribution in [3.8, 4) is 0 Å². The summed E-state index contributed by atoms with van der Waals surface area (Å²) in [4.78, 5) is 13.2.